The van der Waals surface area contributed by atoms with E-state index in [2.05, 4.69) is 11.2 Å². The van der Waals surface area contributed by atoms with Gasteiger partial charge in [-0.05, 0) is 13.8 Å². The van der Waals surface area contributed by atoms with Crippen molar-refractivity contribution in [2.24, 2.45) is 0 Å². The Morgan fingerprint density at radius 1 is 1.60 bits per heavy atom. The summed E-state index contributed by atoms with van der Waals surface area (Å²) in [6.07, 6.45) is 4.99. The van der Waals surface area contributed by atoms with E-state index in [9.17, 15) is 9.59 Å². The van der Waals surface area contributed by atoms with E-state index in [0.29, 0.717) is 6.61 Å². The fourth-order valence-electron chi connectivity index (χ4n) is 0.753. The standard InChI is InChI=1S/C10H15NO3S/c1-4-6-11-10(13)8(3)15-7-9(12)14-5-2/h1,8H,5-7H2,2-3H3,(H,11,13). The number of rotatable bonds is 6. The van der Waals surface area contributed by atoms with Crippen LogP contribution in [0.25, 0.3) is 0 Å². The van der Waals surface area contributed by atoms with Crippen LogP contribution in [0.4, 0.5) is 0 Å². The van der Waals surface area contributed by atoms with Crippen molar-refractivity contribution in [2.45, 2.75) is 19.1 Å². The van der Waals surface area contributed by atoms with Crippen molar-refractivity contribution < 1.29 is 14.3 Å². The molecule has 4 nitrogen and oxygen atoms in total. The summed E-state index contributed by atoms with van der Waals surface area (Å²) in [5.74, 6) is 2.01. The van der Waals surface area contributed by atoms with Crippen molar-refractivity contribution >= 4 is 23.6 Å². The summed E-state index contributed by atoms with van der Waals surface area (Å²) in [6, 6.07) is 0. The molecular weight excluding hydrogens is 214 g/mol. The zero-order chi connectivity index (χ0) is 11.7. The van der Waals surface area contributed by atoms with E-state index in [1.54, 1.807) is 13.8 Å². The number of esters is 1. The minimum atomic E-state index is -0.306. The third kappa shape index (κ3) is 6.86. The van der Waals surface area contributed by atoms with E-state index in [1.807, 2.05) is 0 Å². The average molecular weight is 229 g/mol. The second kappa shape index (κ2) is 8.18. The second-order valence-electron chi connectivity index (χ2n) is 2.68. The van der Waals surface area contributed by atoms with Gasteiger partial charge in [-0.25, -0.2) is 0 Å². The van der Waals surface area contributed by atoms with Gasteiger partial charge in [0.25, 0.3) is 0 Å². The summed E-state index contributed by atoms with van der Waals surface area (Å²) in [7, 11) is 0. The van der Waals surface area contributed by atoms with Gasteiger partial charge >= 0.3 is 5.97 Å². The largest absolute Gasteiger partial charge is 0.465 e. The van der Waals surface area contributed by atoms with Crippen LogP contribution in [-0.2, 0) is 14.3 Å². The van der Waals surface area contributed by atoms with Gasteiger partial charge in [-0.1, -0.05) is 5.92 Å². The molecule has 1 amide bonds. The van der Waals surface area contributed by atoms with Crippen molar-refractivity contribution in [3.63, 3.8) is 0 Å². The molecule has 0 aliphatic carbocycles. The van der Waals surface area contributed by atoms with Crippen LogP contribution in [0, 0.1) is 12.3 Å². The van der Waals surface area contributed by atoms with Gasteiger partial charge in [0.15, 0.2) is 0 Å². The highest BCUT2D eigenvalue weighted by Gasteiger charge is 2.14. The predicted octanol–water partition coefficient (Wildman–Crippen LogP) is 0.421. The molecule has 5 heteroatoms. The lowest BCUT2D eigenvalue weighted by molar-refractivity contribution is -0.139. The number of hydrogen-bond donors (Lipinski definition) is 1. The van der Waals surface area contributed by atoms with Crippen LogP contribution in [0.2, 0.25) is 0 Å². The van der Waals surface area contributed by atoms with Gasteiger partial charge in [0.2, 0.25) is 5.91 Å². The van der Waals surface area contributed by atoms with Crippen LogP contribution in [0.3, 0.4) is 0 Å². The maximum atomic E-state index is 11.3. The number of thioether (sulfide) groups is 1. The minimum absolute atomic E-state index is 0.165. The van der Waals surface area contributed by atoms with Crippen LogP contribution < -0.4 is 5.32 Å². The van der Waals surface area contributed by atoms with Crippen LogP contribution in [0.5, 0.6) is 0 Å². The van der Waals surface area contributed by atoms with E-state index >= 15 is 0 Å². The lowest BCUT2D eigenvalue weighted by Gasteiger charge is -2.09. The third-order valence-corrected chi connectivity index (χ3v) is 2.61. The molecular formula is C10H15NO3S. The lowest BCUT2D eigenvalue weighted by atomic mass is 10.4. The van der Waals surface area contributed by atoms with Crippen molar-refractivity contribution in [3.05, 3.63) is 0 Å². The number of carbonyl (C=O) groups is 2. The molecule has 0 radical (unpaired) electrons. The van der Waals surface area contributed by atoms with Crippen LogP contribution in [0.1, 0.15) is 13.8 Å². The Morgan fingerprint density at radius 2 is 2.27 bits per heavy atom. The zero-order valence-electron chi connectivity index (χ0n) is 8.91. The van der Waals surface area contributed by atoms with E-state index < -0.39 is 0 Å². The van der Waals surface area contributed by atoms with Gasteiger partial charge in [0, 0.05) is 0 Å². The quantitative estimate of drug-likeness (QED) is 0.530. The number of terminal acetylenes is 1. The number of nitrogens with one attached hydrogen (secondary N) is 1. The van der Waals surface area contributed by atoms with Gasteiger partial charge in [-0.15, -0.1) is 18.2 Å². The molecule has 0 heterocycles. The molecule has 0 aliphatic rings. The Kier molecular flexibility index (Phi) is 7.56. The molecule has 0 aliphatic heterocycles. The lowest BCUT2D eigenvalue weighted by Crippen LogP contribution is -2.31. The highest BCUT2D eigenvalue weighted by molar-refractivity contribution is 8.01. The highest BCUT2D eigenvalue weighted by Crippen LogP contribution is 2.10. The molecule has 0 rings (SSSR count). The summed E-state index contributed by atoms with van der Waals surface area (Å²) in [5, 5.41) is 2.24. The fourth-order valence-corrected chi connectivity index (χ4v) is 1.46. The smallest absolute Gasteiger partial charge is 0.315 e. The van der Waals surface area contributed by atoms with Gasteiger partial charge in [-0.2, -0.15) is 0 Å². The molecule has 1 atom stereocenters. The minimum Gasteiger partial charge on any atom is -0.465 e. The first-order valence-electron chi connectivity index (χ1n) is 4.60. The van der Waals surface area contributed by atoms with E-state index in [1.165, 1.54) is 11.8 Å². The molecule has 0 aromatic heterocycles. The van der Waals surface area contributed by atoms with Crippen LogP contribution in [-0.4, -0.2) is 36.0 Å². The Balaban J connectivity index is 3.73. The fraction of sp³-hybridized carbons (Fsp3) is 0.600. The Bertz CT molecular complexity index is 260. The number of hydrogen-bond acceptors (Lipinski definition) is 4. The molecule has 0 saturated carbocycles. The van der Waals surface area contributed by atoms with Crippen molar-refractivity contribution in [3.8, 4) is 12.3 Å². The summed E-state index contributed by atoms with van der Waals surface area (Å²) in [4.78, 5) is 22.3. The van der Waals surface area contributed by atoms with Gasteiger partial charge in [0.1, 0.15) is 0 Å². The van der Waals surface area contributed by atoms with Crippen LogP contribution >= 0.6 is 11.8 Å². The SMILES string of the molecule is C#CCNC(=O)C(C)SCC(=O)OCC. The third-order valence-electron chi connectivity index (χ3n) is 1.49. The molecule has 0 aromatic carbocycles. The molecule has 15 heavy (non-hydrogen) atoms. The molecule has 0 saturated heterocycles. The Morgan fingerprint density at radius 3 is 2.80 bits per heavy atom. The monoisotopic (exact) mass is 229 g/mol. The Labute approximate surface area is 94.1 Å². The van der Waals surface area contributed by atoms with Crippen molar-refractivity contribution in [1.29, 1.82) is 0 Å². The van der Waals surface area contributed by atoms with E-state index in [4.69, 9.17) is 11.2 Å². The van der Waals surface area contributed by atoms with Crippen molar-refractivity contribution in [2.75, 3.05) is 18.9 Å². The molecule has 1 N–H and O–H groups in total. The van der Waals surface area contributed by atoms with Gasteiger partial charge in [0.05, 0.1) is 24.2 Å². The second-order valence-corrected chi connectivity index (χ2v) is 4.01. The van der Waals surface area contributed by atoms with Gasteiger partial charge in [-0.3, -0.25) is 9.59 Å². The van der Waals surface area contributed by atoms with Crippen LogP contribution in [0.15, 0.2) is 0 Å². The Hall–Kier alpha value is -1.15. The van der Waals surface area contributed by atoms with Gasteiger partial charge < -0.3 is 10.1 Å². The average Bonchev–Trinajstić information content (AvgIpc) is 2.22. The first-order valence-corrected chi connectivity index (χ1v) is 5.65. The first kappa shape index (κ1) is 13.8. The molecule has 0 aromatic rings. The summed E-state index contributed by atoms with van der Waals surface area (Å²) >= 11 is 1.23. The maximum Gasteiger partial charge on any atom is 0.315 e. The highest BCUT2D eigenvalue weighted by atomic mass is 32.2. The van der Waals surface area contributed by atoms with Crippen molar-refractivity contribution in [1.82, 2.24) is 5.32 Å². The van der Waals surface area contributed by atoms with E-state index in [-0.39, 0.29) is 29.4 Å². The normalized spacial score (nSPS) is 11.3. The summed E-state index contributed by atoms with van der Waals surface area (Å²) in [5.41, 5.74) is 0. The first-order chi connectivity index (χ1) is 7.11. The summed E-state index contributed by atoms with van der Waals surface area (Å²) < 4.78 is 4.73. The predicted molar refractivity (Wildman–Crippen MR) is 60.4 cm³/mol. The zero-order valence-corrected chi connectivity index (χ0v) is 9.73. The number of ether oxygens (including phenoxy) is 1. The molecule has 84 valence electrons. The van der Waals surface area contributed by atoms with E-state index in [0.717, 1.165) is 0 Å². The molecule has 1 unspecified atom stereocenters. The molecule has 0 bridgehead atoms. The maximum absolute atomic E-state index is 11.3. The molecule has 0 fully saturated rings. The number of amides is 1. The topological polar surface area (TPSA) is 55.4 Å². The molecule has 0 spiro atoms. The number of carbonyl (C=O) groups excluding carboxylic acids is 2. The summed E-state index contributed by atoms with van der Waals surface area (Å²) in [6.45, 7) is 4.03.